The third-order valence-corrected chi connectivity index (χ3v) is 10.8. The Morgan fingerprint density at radius 1 is 0.446 bits per heavy atom. The molecule has 0 atom stereocenters. The minimum Gasteiger partial charge on any atom is -0.461 e. The third-order valence-electron chi connectivity index (χ3n) is 10.8. The Bertz CT molecular complexity index is 1990. The van der Waals surface area contributed by atoms with E-state index in [1.165, 1.54) is 4.57 Å². The summed E-state index contributed by atoms with van der Waals surface area (Å²) in [4.78, 5) is 36.5. The van der Waals surface area contributed by atoms with Crippen molar-refractivity contribution in [3.05, 3.63) is 45.9 Å². The van der Waals surface area contributed by atoms with E-state index in [9.17, 15) is 9.59 Å². The molecular weight excluding hydrogens is 1100 g/mol. The highest BCUT2D eigenvalue weighted by Crippen LogP contribution is 2.19. The molecule has 83 heavy (non-hydrogen) atoms. The molecule has 0 bridgehead atoms. The van der Waals surface area contributed by atoms with Crippen molar-refractivity contribution in [2.75, 3.05) is 277 Å². The molecule has 3 aromatic rings. The molecule has 6 N–H and O–H groups in total. The van der Waals surface area contributed by atoms with Crippen LogP contribution in [-0.4, -0.2) is 297 Å². The highest BCUT2D eigenvalue weighted by molar-refractivity contribution is 5.94. The molecule has 2 aromatic heterocycles. The minimum atomic E-state index is -0.400. The van der Waals surface area contributed by atoms with E-state index in [-0.39, 0.29) is 30.9 Å². The molecule has 3 rings (SSSR count). The first kappa shape index (κ1) is 73.1. The second kappa shape index (κ2) is 54.5. The molecule has 1 amide bonds. The van der Waals surface area contributed by atoms with Gasteiger partial charge >= 0.3 is 11.7 Å². The van der Waals surface area contributed by atoms with E-state index in [1.54, 1.807) is 31.4 Å². The number of carbonyl (C=O) groups is 1. The van der Waals surface area contributed by atoms with Gasteiger partial charge in [-0.15, -0.1) is 0 Å². The third kappa shape index (κ3) is 40.7. The lowest BCUT2D eigenvalue weighted by Crippen LogP contribution is -2.27. The van der Waals surface area contributed by atoms with E-state index >= 15 is 0 Å². The zero-order valence-electron chi connectivity index (χ0n) is 48.8. The summed E-state index contributed by atoms with van der Waals surface area (Å²) in [5, 5.41) is 2.83. The van der Waals surface area contributed by atoms with Gasteiger partial charge in [0.05, 0.1) is 251 Å². The molecule has 0 aliphatic carbocycles. The molecule has 0 radical (unpaired) electrons. The van der Waals surface area contributed by atoms with Crippen LogP contribution in [0.5, 0.6) is 6.01 Å². The lowest BCUT2D eigenvalue weighted by Gasteiger charge is -2.09. The van der Waals surface area contributed by atoms with Gasteiger partial charge in [-0.3, -0.25) is 9.36 Å². The zero-order valence-corrected chi connectivity index (χ0v) is 48.8. The summed E-state index contributed by atoms with van der Waals surface area (Å²) in [5.41, 5.74) is 12.8. The smallest absolute Gasteiger partial charge is 0.328 e. The maximum Gasteiger partial charge on any atom is 0.328 e. The Labute approximate surface area is 487 Å². The van der Waals surface area contributed by atoms with Crippen molar-refractivity contribution in [2.45, 2.75) is 6.54 Å². The van der Waals surface area contributed by atoms with Crippen molar-refractivity contribution in [3.63, 3.8) is 0 Å². The Morgan fingerprint density at radius 2 is 0.759 bits per heavy atom. The van der Waals surface area contributed by atoms with Crippen LogP contribution in [0.25, 0.3) is 11.2 Å². The number of carbonyl (C=O) groups excluding carboxylic acids is 1. The van der Waals surface area contributed by atoms with Crippen LogP contribution >= 0.6 is 0 Å². The summed E-state index contributed by atoms with van der Waals surface area (Å²) in [5.74, 6) is -0.152. The SMILES string of the molecule is COCCOc1nc(N)c2[nH]c(=O)n(Cc3ccc(C(=O)NCCOCCOCCOCCOCCOCCOCCOCCOCCOCCOCCOCCOCCOCCOCCOCCOCCOCCOCCN)cc3)c2n1. The molecule has 29 nitrogen and oxygen atoms in total. The average molecular weight is 1190 g/mol. The molecule has 0 saturated heterocycles. The number of amides is 1. The van der Waals surface area contributed by atoms with Crippen molar-refractivity contribution in [1.29, 1.82) is 0 Å². The van der Waals surface area contributed by atoms with Crippen LogP contribution in [0, 0.1) is 0 Å². The molecule has 478 valence electrons. The molecule has 0 spiro atoms. The first-order valence-corrected chi connectivity index (χ1v) is 28.4. The van der Waals surface area contributed by atoms with Crippen molar-refractivity contribution in [3.8, 4) is 6.01 Å². The number of aromatic nitrogens is 4. The molecule has 0 aliphatic rings. The quantitative estimate of drug-likeness (QED) is 0.0530. The molecular formula is C54H95N7O22. The van der Waals surface area contributed by atoms with Crippen LogP contribution in [-0.2, 0) is 96.5 Å². The maximum atomic E-state index is 12.7. The molecule has 29 heteroatoms. The standard InChI is InChI=1S/C54H95N7O22/c1-64-10-45-83-53-59-50(56)49-51(60-53)61(54(63)58-49)46-47-2-4-48(5-3-47)52(62)57-7-9-66-12-14-68-16-18-70-20-22-72-24-26-74-28-30-76-32-34-78-36-38-80-40-42-82-44-43-81-41-39-79-37-35-77-33-31-75-29-27-73-25-23-71-21-19-69-17-15-67-13-11-65-8-6-55/h2-5H,6-46,55H2,1H3,(H,57,62)(H,58,63)(H2,56,59,60). The van der Waals surface area contributed by atoms with Crippen molar-refractivity contribution in [2.24, 2.45) is 5.73 Å². The highest BCUT2D eigenvalue weighted by atomic mass is 16.6. The van der Waals surface area contributed by atoms with E-state index in [4.69, 9.17) is 106 Å². The van der Waals surface area contributed by atoms with Gasteiger partial charge in [0.25, 0.3) is 5.91 Å². The fraction of sp³-hybridized carbons (Fsp3) is 0.778. The van der Waals surface area contributed by atoms with Crippen LogP contribution in [0.15, 0.2) is 29.1 Å². The van der Waals surface area contributed by atoms with Gasteiger partial charge in [-0.05, 0) is 17.7 Å². The number of anilines is 1. The largest absolute Gasteiger partial charge is 0.461 e. The molecule has 1 aromatic carbocycles. The summed E-state index contributed by atoms with van der Waals surface area (Å²) in [6.07, 6.45) is 0. The number of fused-ring (bicyclic) bond motifs is 1. The van der Waals surface area contributed by atoms with Gasteiger partial charge < -0.3 is 117 Å². The topological polar surface area (TPSA) is 329 Å². The van der Waals surface area contributed by atoms with E-state index in [0.717, 1.165) is 5.56 Å². The van der Waals surface area contributed by atoms with Crippen LogP contribution in [0.1, 0.15) is 15.9 Å². The Kier molecular flexibility index (Phi) is 48.0. The van der Waals surface area contributed by atoms with Gasteiger partial charge in [0.15, 0.2) is 11.5 Å². The maximum absolute atomic E-state index is 12.7. The number of nitrogens with zero attached hydrogens (tertiary/aromatic N) is 3. The Balaban J connectivity index is 0.924. The normalized spacial score (nSPS) is 11.6. The number of rotatable bonds is 63. The summed E-state index contributed by atoms with van der Waals surface area (Å²) in [7, 11) is 1.55. The van der Waals surface area contributed by atoms with E-state index < -0.39 is 5.69 Å². The number of H-pyrrole nitrogens is 1. The summed E-state index contributed by atoms with van der Waals surface area (Å²) >= 11 is 0. The zero-order chi connectivity index (χ0) is 59.0. The lowest BCUT2D eigenvalue weighted by molar-refractivity contribution is -0.0309. The van der Waals surface area contributed by atoms with Crippen LogP contribution in [0.3, 0.4) is 0 Å². The van der Waals surface area contributed by atoms with Crippen molar-refractivity contribution >= 4 is 22.9 Å². The van der Waals surface area contributed by atoms with E-state index in [0.29, 0.717) is 274 Å². The molecule has 0 aliphatic heterocycles. The molecule has 0 unspecified atom stereocenters. The van der Waals surface area contributed by atoms with Gasteiger partial charge in [-0.1, -0.05) is 12.1 Å². The number of hydrogen-bond acceptors (Lipinski definition) is 26. The number of nitrogens with one attached hydrogen (secondary N) is 2. The number of benzene rings is 1. The summed E-state index contributed by atoms with van der Waals surface area (Å²) in [6, 6.07) is 6.94. The number of aromatic amines is 1. The Morgan fingerprint density at radius 3 is 1.07 bits per heavy atom. The first-order valence-electron chi connectivity index (χ1n) is 28.4. The van der Waals surface area contributed by atoms with Gasteiger partial charge in [-0.25, -0.2) is 4.79 Å². The van der Waals surface area contributed by atoms with Crippen LogP contribution < -0.4 is 27.2 Å². The van der Waals surface area contributed by atoms with Crippen LogP contribution in [0.4, 0.5) is 5.82 Å². The molecule has 2 heterocycles. The Hall–Kier alpha value is -4.16. The molecule has 0 fully saturated rings. The predicted octanol–water partition coefficient (Wildman–Crippen LogP) is -0.237. The van der Waals surface area contributed by atoms with Crippen LogP contribution in [0.2, 0.25) is 0 Å². The fourth-order valence-corrected chi connectivity index (χ4v) is 6.67. The number of methoxy groups -OCH3 is 1. The van der Waals surface area contributed by atoms with Crippen molar-refractivity contribution < 1.29 is 99.5 Å². The second-order valence-corrected chi connectivity index (χ2v) is 17.2. The molecule has 0 saturated carbocycles. The van der Waals surface area contributed by atoms with E-state index in [1.807, 2.05) is 0 Å². The first-order chi connectivity index (χ1) is 41.0. The van der Waals surface area contributed by atoms with Crippen molar-refractivity contribution in [1.82, 2.24) is 24.8 Å². The summed E-state index contributed by atoms with van der Waals surface area (Å²) < 4.78 is 111. The number of nitrogen functional groups attached to an aromatic ring is 1. The second-order valence-electron chi connectivity index (χ2n) is 17.2. The average Bonchev–Trinajstić information content (AvgIpc) is 3.16. The minimum absolute atomic E-state index is 0.0400. The van der Waals surface area contributed by atoms with E-state index in [2.05, 4.69) is 20.3 Å². The lowest BCUT2D eigenvalue weighted by atomic mass is 10.1. The van der Waals surface area contributed by atoms with Gasteiger partial charge in [0.1, 0.15) is 12.1 Å². The highest BCUT2D eigenvalue weighted by Gasteiger charge is 2.16. The fourth-order valence-electron chi connectivity index (χ4n) is 6.67. The monoisotopic (exact) mass is 1190 g/mol. The number of hydrogen-bond donors (Lipinski definition) is 4. The summed E-state index contributed by atoms with van der Waals surface area (Å²) in [6.45, 7) is 18.6. The number of imidazole rings is 1. The van der Waals surface area contributed by atoms with Gasteiger partial charge in [-0.2, -0.15) is 9.97 Å². The van der Waals surface area contributed by atoms with Gasteiger partial charge in [0, 0.05) is 25.8 Å². The number of nitrogens with two attached hydrogens (primary N) is 2. The van der Waals surface area contributed by atoms with Gasteiger partial charge in [0.2, 0.25) is 0 Å². The number of ether oxygens (including phenoxy) is 20. The predicted molar refractivity (Wildman–Crippen MR) is 302 cm³/mol.